The van der Waals surface area contributed by atoms with Gasteiger partial charge in [-0.05, 0) is 146 Å². The summed E-state index contributed by atoms with van der Waals surface area (Å²) in [5, 5.41) is 20.1. The molecule has 0 spiro atoms. The number of aliphatic hydroxyl groups is 1. The Kier molecular flexibility index (Phi) is 11.1. The van der Waals surface area contributed by atoms with Gasteiger partial charge >= 0.3 is 6.09 Å². The molecule has 8 nitrogen and oxygen atoms in total. The molecule has 5 fully saturated rings. The first kappa shape index (κ1) is 40.5. The molecule has 10 atom stereocenters. The third-order valence-corrected chi connectivity index (χ3v) is 17.0. The van der Waals surface area contributed by atoms with E-state index in [2.05, 4.69) is 64.1 Å². The van der Waals surface area contributed by atoms with E-state index < -0.39 is 11.5 Å². The Morgan fingerprint density at radius 1 is 0.768 bits per heavy atom. The van der Waals surface area contributed by atoms with E-state index in [0.717, 1.165) is 56.1 Å². The maximum absolute atomic E-state index is 14.7. The van der Waals surface area contributed by atoms with Gasteiger partial charge in [-0.15, -0.1) is 0 Å². The summed E-state index contributed by atoms with van der Waals surface area (Å²) < 4.78 is 5.25. The van der Waals surface area contributed by atoms with E-state index in [9.17, 15) is 19.5 Å². The third kappa shape index (κ3) is 6.79. The van der Waals surface area contributed by atoms with Crippen LogP contribution in [-0.2, 0) is 22.7 Å². The molecule has 3 amide bonds. The van der Waals surface area contributed by atoms with Gasteiger partial charge in [0, 0.05) is 25.2 Å². The lowest BCUT2D eigenvalue weighted by molar-refractivity contribution is -0.246. The van der Waals surface area contributed by atoms with Crippen LogP contribution in [0.25, 0.3) is 0 Å². The Morgan fingerprint density at radius 3 is 2.25 bits per heavy atom. The zero-order valence-corrected chi connectivity index (χ0v) is 34.8. The van der Waals surface area contributed by atoms with Crippen molar-refractivity contribution in [3.05, 3.63) is 83.4 Å². The molecule has 0 aromatic heterocycles. The standard InChI is InChI=1S/C48H67N3O5/c1-31(2)35-18-23-48(25-24-46(6)36(40(35)48)16-17-38-45(5)21-20-39(52)44(3,4)37(45)19-22-47(38,46)7)42(54)51-29-33-14-11-15-34(28-33)41(53)49-26-27-50-43(55)56-30-32-12-9-8-10-13-32/h8-15,28,35-40,52H,1,16-27,29-30H2,2-7H3,(H,49,53)(H,50,55)(H,51,54)/t35?,36?,37?,38?,39?,40?,45?,46-,47?,48?/m1/s1. The number of carbonyl (C=O) groups excluding carboxylic acids is 3. The molecule has 9 unspecified atom stereocenters. The number of amides is 3. The van der Waals surface area contributed by atoms with E-state index in [1.165, 1.54) is 24.8 Å². The smallest absolute Gasteiger partial charge is 0.407 e. The fraction of sp³-hybridized carbons (Fsp3) is 0.646. The highest BCUT2D eigenvalue weighted by atomic mass is 16.5. The lowest BCUT2D eigenvalue weighted by Crippen LogP contribution is -2.67. The highest BCUT2D eigenvalue weighted by molar-refractivity contribution is 5.94. The predicted molar refractivity (Wildman–Crippen MR) is 220 cm³/mol. The summed E-state index contributed by atoms with van der Waals surface area (Å²) in [5.41, 5.74) is 3.58. The van der Waals surface area contributed by atoms with Crippen LogP contribution in [0.2, 0.25) is 0 Å². The zero-order chi connectivity index (χ0) is 40.1. The molecule has 304 valence electrons. The highest BCUT2D eigenvalue weighted by Crippen LogP contribution is 2.77. The second-order valence-corrected chi connectivity index (χ2v) is 19.8. The first-order chi connectivity index (χ1) is 26.6. The first-order valence-corrected chi connectivity index (χ1v) is 21.5. The zero-order valence-electron chi connectivity index (χ0n) is 34.8. The molecular weight excluding hydrogens is 699 g/mol. The number of benzene rings is 2. The number of hydrogen-bond donors (Lipinski definition) is 4. The largest absolute Gasteiger partial charge is 0.445 e. The summed E-state index contributed by atoms with van der Waals surface area (Å²) in [7, 11) is 0. The second kappa shape index (κ2) is 15.3. The molecule has 56 heavy (non-hydrogen) atoms. The van der Waals surface area contributed by atoms with Gasteiger partial charge < -0.3 is 25.8 Å². The Morgan fingerprint density at radius 2 is 1.50 bits per heavy atom. The summed E-state index contributed by atoms with van der Waals surface area (Å²) in [6.07, 6.45) is 9.88. The van der Waals surface area contributed by atoms with E-state index in [0.29, 0.717) is 35.8 Å². The maximum Gasteiger partial charge on any atom is 0.407 e. The number of nitrogens with one attached hydrogen (secondary N) is 3. The van der Waals surface area contributed by atoms with Gasteiger partial charge in [0.25, 0.3) is 5.91 Å². The number of carbonyl (C=O) groups is 3. The van der Waals surface area contributed by atoms with Crippen molar-refractivity contribution in [1.29, 1.82) is 0 Å². The second-order valence-electron chi connectivity index (χ2n) is 19.8. The van der Waals surface area contributed by atoms with Crippen molar-refractivity contribution in [2.24, 2.45) is 56.7 Å². The van der Waals surface area contributed by atoms with Crippen molar-refractivity contribution in [1.82, 2.24) is 16.0 Å². The molecule has 4 N–H and O–H groups in total. The Balaban J connectivity index is 0.998. The molecule has 0 heterocycles. The van der Waals surface area contributed by atoms with E-state index in [1.54, 1.807) is 6.07 Å². The Hall–Kier alpha value is -3.65. The summed E-state index contributed by atoms with van der Waals surface area (Å²) in [6.45, 7) is 20.2. The van der Waals surface area contributed by atoms with Gasteiger partial charge in [-0.25, -0.2) is 4.79 Å². The molecule has 0 bridgehead atoms. The fourth-order valence-corrected chi connectivity index (χ4v) is 13.9. The highest BCUT2D eigenvalue weighted by Gasteiger charge is 2.71. The summed E-state index contributed by atoms with van der Waals surface area (Å²) in [5.74, 6) is 2.16. The van der Waals surface area contributed by atoms with Gasteiger partial charge in [-0.3, -0.25) is 9.59 Å². The van der Waals surface area contributed by atoms with Crippen molar-refractivity contribution in [2.45, 2.75) is 125 Å². The average Bonchev–Trinajstić information content (AvgIpc) is 3.58. The van der Waals surface area contributed by atoms with Crippen molar-refractivity contribution in [3.8, 4) is 0 Å². The van der Waals surface area contributed by atoms with E-state index in [-0.39, 0.29) is 65.2 Å². The van der Waals surface area contributed by atoms with Crippen LogP contribution in [0.1, 0.15) is 127 Å². The van der Waals surface area contributed by atoms with Crippen molar-refractivity contribution >= 4 is 17.9 Å². The topological polar surface area (TPSA) is 117 Å². The van der Waals surface area contributed by atoms with Crippen LogP contribution >= 0.6 is 0 Å². The van der Waals surface area contributed by atoms with Gasteiger partial charge in [-0.2, -0.15) is 0 Å². The number of fused-ring (bicyclic) bond motifs is 7. The summed E-state index contributed by atoms with van der Waals surface area (Å²) in [6, 6.07) is 16.9. The number of alkyl carbamates (subject to hydrolysis) is 1. The minimum absolute atomic E-state index is 0.0660. The van der Waals surface area contributed by atoms with Gasteiger partial charge in [0.15, 0.2) is 0 Å². The number of rotatable bonds is 10. The van der Waals surface area contributed by atoms with Crippen molar-refractivity contribution < 1.29 is 24.2 Å². The van der Waals surface area contributed by atoms with Gasteiger partial charge in [-0.1, -0.05) is 89.2 Å². The quantitative estimate of drug-likeness (QED) is 0.142. The van der Waals surface area contributed by atoms with Crippen LogP contribution in [0.5, 0.6) is 0 Å². The van der Waals surface area contributed by atoms with Crippen LogP contribution in [0, 0.1) is 56.7 Å². The van der Waals surface area contributed by atoms with Crippen LogP contribution in [-0.4, -0.2) is 42.2 Å². The summed E-state index contributed by atoms with van der Waals surface area (Å²) in [4.78, 5) is 39.9. The Bertz CT molecular complexity index is 1810. The van der Waals surface area contributed by atoms with Crippen LogP contribution in [0.4, 0.5) is 4.79 Å². The predicted octanol–water partition coefficient (Wildman–Crippen LogP) is 8.98. The molecule has 0 aliphatic heterocycles. The van der Waals surface area contributed by atoms with Crippen LogP contribution in [0.15, 0.2) is 66.7 Å². The van der Waals surface area contributed by atoms with E-state index >= 15 is 0 Å². The fourth-order valence-electron chi connectivity index (χ4n) is 13.9. The monoisotopic (exact) mass is 766 g/mol. The molecular formula is C48H67N3O5. The summed E-state index contributed by atoms with van der Waals surface area (Å²) >= 11 is 0. The Labute approximate surface area is 335 Å². The minimum atomic E-state index is -0.532. The molecule has 5 aliphatic carbocycles. The molecule has 0 radical (unpaired) electrons. The van der Waals surface area contributed by atoms with Gasteiger partial charge in [0.05, 0.1) is 11.5 Å². The van der Waals surface area contributed by atoms with Crippen LogP contribution < -0.4 is 16.0 Å². The number of allylic oxidation sites excluding steroid dienone is 1. The van der Waals surface area contributed by atoms with Gasteiger partial charge in [0.2, 0.25) is 5.91 Å². The van der Waals surface area contributed by atoms with E-state index in [1.807, 2.05) is 48.5 Å². The maximum atomic E-state index is 14.7. The lowest BCUT2D eigenvalue weighted by Gasteiger charge is -2.72. The molecule has 5 saturated carbocycles. The van der Waals surface area contributed by atoms with Crippen LogP contribution in [0.3, 0.4) is 0 Å². The van der Waals surface area contributed by atoms with E-state index in [4.69, 9.17) is 4.74 Å². The average molecular weight is 766 g/mol. The minimum Gasteiger partial charge on any atom is -0.445 e. The molecule has 0 saturated heterocycles. The molecule has 8 heteroatoms. The van der Waals surface area contributed by atoms with Gasteiger partial charge in [0.1, 0.15) is 6.61 Å². The number of aliphatic hydroxyl groups excluding tert-OH is 1. The third-order valence-electron chi connectivity index (χ3n) is 17.0. The number of ether oxygens (including phenoxy) is 1. The lowest BCUT2D eigenvalue weighted by atomic mass is 9.32. The first-order valence-electron chi connectivity index (χ1n) is 21.5. The molecule has 5 aliphatic rings. The molecule has 2 aromatic carbocycles. The molecule has 7 rings (SSSR count). The van der Waals surface area contributed by atoms with Crippen molar-refractivity contribution in [2.75, 3.05) is 13.1 Å². The normalized spacial score (nSPS) is 36.8. The molecule has 2 aromatic rings. The SMILES string of the molecule is C=C(C)C1CCC2(C(=O)NCc3cccc(C(=O)NCCNC(=O)OCc4ccccc4)c3)CC[C@]3(C)C(CCC4C5(C)CCC(O)C(C)(C)C5CCC43C)C12. The number of hydrogen-bond acceptors (Lipinski definition) is 5. The van der Waals surface area contributed by atoms with Crippen molar-refractivity contribution in [3.63, 3.8) is 0 Å².